The zero-order valence-electron chi connectivity index (χ0n) is 15.8. The number of aromatic nitrogens is 2. The number of hydrogen-bond acceptors (Lipinski definition) is 3. The van der Waals surface area contributed by atoms with E-state index in [2.05, 4.69) is 5.10 Å². The number of carbonyl (C=O) groups is 1. The Kier molecular flexibility index (Phi) is 4.44. The van der Waals surface area contributed by atoms with Crippen LogP contribution in [-0.2, 0) is 7.05 Å². The van der Waals surface area contributed by atoms with Crippen molar-refractivity contribution in [3.63, 3.8) is 0 Å². The summed E-state index contributed by atoms with van der Waals surface area (Å²) in [6.07, 6.45) is 0.0376. The van der Waals surface area contributed by atoms with Gasteiger partial charge in [-0.3, -0.25) is 9.48 Å². The molecule has 1 aliphatic heterocycles. The molecule has 2 aromatic carbocycles. The van der Waals surface area contributed by atoms with Crippen molar-refractivity contribution in [1.82, 2.24) is 14.7 Å². The van der Waals surface area contributed by atoms with Crippen LogP contribution < -0.4 is 4.74 Å². The van der Waals surface area contributed by atoms with Gasteiger partial charge in [-0.05, 0) is 31.0 Å². The highest BCUT2D eigenvalue weighted by Gasteiger charge is 2.34. The van der Waals surface area contributed by atoms with Crippen LogP contribution in [-0.4, -0.2) is 39.8 Å². The SMILES string of the molecule is Cc1cccc(C)c1OC1CN(C(=O)c2cc(-c3ccccc3)nn2C)C1. The van der Waals surface area contributed by atoms with Crippen molar-refractivity contribution in [2.24, 2.45) is 7.05 Å². The molecule has 0 atom stereocenters. The Morgan fingerprint density at radius 1 is 1.04 bits per heavy atom. The number of nitrogens with zero attached hydrogens (tertiary/aromatic N) is 3. The number of ether oxygens (including phenoxy) is 1. The molecule has 0 aliphatic carbocycles. The van der Waals surface area contributed by atoms with Gasteiger partial charge in [-0.25, -0.2) is 0 Å². The van der Waals surface area contributed by atoms with Crippen molar-refractivity contribution in [2.45, 2.75) is 20.0 Å². The number of hydrogen-bond donors (Lipinski definition) is 0. The lowest BCUT2D eigenvalue weighted by atomic mass is 10.1. The lowest BCUT2D eigenvalue weighted by molar-refractivity contribution is 0.0165. The van der Waals surface area contributed by atoms with Crippen LogP contribution >= 0.6 is 0 Å². The van der Waals surface area contributed by atoms with Gasteiger partial charge in [-0.15, -0.1) is 0 Å². The first-order chi connectivity index (χ1) is 13.0. The van der Waals surface area contributed by atoms with Crippen LogP contribution in [0.5, 0.6) is 5.75 Å². The van der Waals surface area contributed by atoms with Gasteiger partial charge in [-0.2, -0.15) is 5.10 Å². The highest BCUT2D eigenvalue weighted by molar-refractivity contribution is 5.94. The van der Waals surface area contributed by atoms with Gasteiger partial charge in [0.05, 0.1) is 18.8 Å². The van der Waals surface area contributed by atoms with Gasteiger partial charge in [-0.1, -0.05) is 48.5 Å². The largest absolute Gasteiger partial charge is 0.486 e. The van der Waals surface area contributed by atoms with E-state index in [1.807, 2.05) is 80.4 Å². The van der Waals surface area contributed by atoms with Crippen LogP contribution in [0.4, 0.5) is 0 Å². The van der Waals surface area contributed by atoms with Crippen molar-refractivity contribution in [1.29, 1.82) is 0 Å². The third-order valence-corrected chi connectivity index (χ3v) is 5.00. The number of carbonyl (C=O) groups excluding carboxylic acids is 1. The fourth-order valence-corrected chi connectivity index (χ4v) is 3.41. The Labute approximate surface area is 159 Å². The Bertz CT molecular complexity index is 952. The van der Waals surface area contributed by atoms with Crippen LogP contribution in [0.3, 0.4) is 0 Å². The smallest absolute Gasteiger partial charge is 0.272 e. The van der Waals surface area contributed by atoms with E-state index in [0.29, 0.717) is 18.8 Å². The molecule has 1 aliphatic rings. The molecule has 138 valence electrons. The molecule has 1 saturated heterocycles. The highest BCUT2D eigenvalue weighted by atomic mass is 16.5. The summed E-state index contributed by atoms with van der Waals surface area (Å²) in [6.45, 7) is 5.28. The van der Waals surface area contributed by atoms with Crippen LogP contribution in [0.2, 0.25) is 0 Å². The van der Waals surface area contributed by atoms with E-state index in [1.54, 1.807) is 4.68 Å². The molecule has 0 unspecified atom stereocenters. The predicted molar refractivity (Wildman–Crippen MR) is 105 cm³/mol. The molecule has 1 amide bonds. The molecule has 0 N–H and O–H groups in total. The van der Waals surface area contributed by atoms with Gasteiger partial charge in [0.25, 0.3) is 5.91 Å². The van der Waals surface area contributed by atoms with Crippen LogP contribution in [0.15, 0.2) is 54.6 Å². The monoisotopic (exact) mass is 361 g/mol. The molecule has 1 aromatic heterocycles. The molecule has 5 heteroatoms. The standard InChI is InChI=1S/C22H23N3O2/c1-15-8-7-9-16(2)21(15)27-18-13-25(14-18)22(26)20-12-19(23-24(20)3)17-10-5-4-6-11-17/h4-12,18H,13-14H2,1-3H3. The Balaban J connectivity index is 1.43. The van der Waals surface area contributed by atoms with Crippen molar-refractivity contribution in [2.75, 3.05) is 13.1 Å². The van der Waals surface area contributed by atoms with Crippen molar-refractivity contribution in [3.05, 3.63) is 71.4 Å². The lowest BCUT2D eigenvalue weighted by Crippen LogP contribution is -2.56. The molecular formula is C22H23N3O2. The normalized spacial score (nSPS) is 14.1. The topological polar surface area (TPSA) is 47.4 Å². The molecular weight excluding hydrogens is 338 g/mol. The molecule has 0 bridgehead atoms. The highest BCUT2D eigenvalue weighted by Crippen LogP contribution is 2.27. The summed E-state index contributed by atoms with van der Waals surface area (Å²) in [6, 6.07) is 17.9. The number of benzene rings is 2. The average Bonchev–Trinajstić information content (AvgIpc) is 3.02. The van der Waals surface area contributed by atoms with Crippen LogP contribution in [0.1, 0.15) is 21.6 Å². The summed E-state index contributed by atoms with van der Waals surface area (Å²) in [4.78, 5) is 14.6. The molecule has 27 heavy (non-hydrogen) atoms. The third kappa shape index (κ3) is 3.33. The van der Waals surface area contributed by atoms with Gasteiger partial charge in [0.2, 0.25) is 0 Å². The van der Waals surface area contributed by atoms with E-state index in [4.69, 9.17) is 4.74 Å². The zero-order valence-corrected chi connectivity index (χ0v) is 15.8. The second kappa shape index (κ2) is 6.91. The fourth-order valence-electron chi connectivity index (χ4n) is 3.41. The summed E-state index contributed by atoms with van der Waals surface area (Å²) in [7, 11) is 1.81. The lowest BCUT2D eigenvalue weighted by Gasteiger charge is -2.39. The Hall–Kier alpha value is -3.08. The third-order valence-electron chi connectivity index (χ3n) is 5.00. The summed E-state index contributed by atoms with van der Waals surface area (Å²) >= 11 is 0. The van der Waals surface area contributed by atoms with E-state index in [9.17, 15) is 4.79 Å². The zero-order chi connectivity index (χ0) is 19.0. The summed E-state index contributed by atoms with van der Waals surface area (Å²) < 4.78 is 7.77. The molecule has 2 heterocycles. The molecule has 1 fully saturated rings. The maximum Gasteiger partial charge on any atom is 0.272 e. The van der Waals surface area contributed by atoms with Crippen molar-refractivity contribution in [3.8, 4) is 17.0 Å². The molecule has 0 spiro atoms. The summed E-state index contributed by atoms with van der Waals surface area (Å²) in [5.41, 5.74) is 4.66. The number of amides is 1. The van der Waals surface area contributed by atoms with E-state index >= 15 is 0 Å². The van der Waals surface area contributed by atoms with E-state index in [0.717, 1.165) is 28.1 Å². The minimum atomic E-state index is -0.00598. The second-order valence-corrected chi connectivity index (χ2v) is 7.08. The van der Waals surface area contributed by atoms with Crippen LogP contribution in [0, 0.1) is 13.8 Å². The first-order valence-corrected chi connectivity index (χ1v) is 9.14. The van der Waals surface area contributed by atoms with E-state index < -0.39 is 0 Å². The second-order valence-electron chi connectivity index (χ2n) is 7.08. The average molecular weight is 361 g/mol. The minimum Gasteiger partial charge on any atom is -0.486 e. The molecule has 5 nitrogen and oxygen atoms in total. The molecule has 0 saturated carbocycles. The fraction of sp³-hybridized carbons (Fsp3) is 0.273. The predicted octanol–water partition coefficient (Wildman–Crippen LogP) is 3.61. The first kappa shape index (κ1) is 17.3. The van der Waals surface area contributed by atoms with Crippen LogP contribution in [0.25, 0.3) is 11.3 Å². The maximum absolute atomic E-state index is 12.8. The van der Waals surface area contributed by atoms with Crippen molar-refractivity contribution >= 4 is 5.91 Å². The molecule has 4 rings (SSSR count). The molecule has 0 radical (unpaired) electrons. The molecule has 3 aromatic rings. The van der Waals surface area contributed by atoms with Gasteiger partial charge in [0, 0.05) is 12.6 Å². The minimum absolute atomic E-state index is 0.00598. The van der Waals surface area contributed by atoms with E-state index in [-0.39, 0.29) is 12.0 Å². The quantitative estimate of drug-likeness (QED) is 0.713. The summed E-state index contributed by atoms with van der Waals surface area (Å²) in [5, 5.41) is 4.49. The summed E-state index contributed by atoms with van der Waals surface area (Å²) in [5.74, 6) is 0.926. The Morgan fingerprint density at radius 3 is 2.37 bits per heavy atom. The maximum atomic E-state index is 12.8. The number of aryl methyl sites for hydroxylation is 3. The van der Waals surface area contributed by atoms with Gasteiger partial charge in [0.1, 0.15) is 17.5 Å². The van der Waals surface area contributed by atoms with Crippen molar-refractivity contribution < 1.29 is 9.53 Å². The van der Waals surface area contributed by atoms with Gasteiger partial charge < -0.3 is 9.64 Å². The first-order valence-electron chi connectivity index (χ1n) is 9.14. The Morgan fingerprint density at radius 2 is 1.70 bits per heavy atom. The number of para-hydroxylation sites is 1. The van der Waals surface area contributed by atoms with E-state index in [1.165, 1.54) is 0 Å². The van der Waals surface area contributed by atoms with Gasteiger partial charge >= 0.3 is 0 Å². The number of rotatable bonds is 4. The number of likely N-dealkylation sites (tertiary alicyclic amines) is 1. The van der Waals surface area contributed by atoms with Gasteiger partial charge in [0.15, 0.2) is 0 Å².